The fourth-order valence-corrected chi connectivity index (χ4v) is 9.71. The van der Waals surface area contributed by atoms with Gasteiger partial charge in [-0.3, -0.25) is 19.4 Å². The van der Waals surface area contributed by atoms with E-state index in [0.717, 1.165) is 11.1 Å². The molecule has 0 aromatic heterocycles. The molecule has 5 aliphatic heterocycles. The predicted molar refractivity (Wildman–Crippen MR) is 165 cm³/mol. The minimum absolute atomic E-state index is 0.0116. The lowest BCUT2D eigenvalue weighted by Crippen LogP contribution is -2.69. The molecule has 0 saturated carbocycles. The second-order valence-corrected chi connectivity index (χ2v) is 13.7. The first-order valence-corrected chi connectivity index (χ1v) is 16.4. The molecule has 14 heteroatoms. The van der Waals surface area contributed by atoms with Gasteiger partial charge in [0.2, 0.25) is 12.9 Å². The predicted octanol–water partition coefficient (Wildman–Crippen LogP) is 3.16. The van der Waals surface area contributed by atoms with Crippen molar-refractivity contribution in [3.05, 3.63) is 39.4 Å². The van der Waals surface area contributed by atoms with E-state index in [-0.39, 0.29) is 30.9 Å². The molecule has 2 aromatic carbocycles. The van der Waals surface area contributed by atoms with E-state index in [0.29, 0.717) is 51.7 Å². The molecule has 1 N–H and O–H groups in total. The van der Waals surface area contributed by atoms with Gasteiger partial charge in [0.05, 0.1) is 30.5 Å². The van der Waals surface area contributed by atoms with Gasteiger partial charge in [0.15, 0.2) is 23.0 Å². The highest BCUT2D eigenvalue weighted by atomic mass is 32.2. The Labute approximate surface area is 275 Å². The number of ether oxygens (including phenoxy) is 6. The molecule has 2 aromatic rings. The van der Waals surface area contributed by atoms with E-state index in [2.05, 4.69) is 15.9 Å². The number of thioether (sulfide) groups is 1. The Kier molecular flexibility index (Phi) is 7.69. The first kappa shape index (κ1) is 31.4. The average Bonchev–Trinajstić information content (AvgIpc) is 3.50. The third-order valence-corrected chi connectivity index (χ3v) is 11.3. The number of carbonyl (C=O) groups excluding carboxylic acids is 3. The molecule has 4 bridgehead atoms. The van der Waals surface area contributed by atoms with Crippen LogP contribution in [-0.2, 0) is 30.3 Å². The molecule has 13 nitrogen and oxygen atoms in total. The molecular weight excluding hydrogens is 630 g/mol. The van der Waals surface area contributed by atoms with Crippen LogP contribution in [0.3, 0.4) is 0 Å². The van der Waals surface area contributed by atoms with Gasteiger partial charge in [0.1, 0.15) is 18.4 Å². The fourth-order valence-electron chi connectivity index (χ4n) is 8.23. The summed E-state index contributed by atoms with van der Waals surface area (Å²) in [6.45, 7) is 5.94. The second kappa shape index (κ2) is 11.5. The maximum absolute atomic E-state index is 13.3. The van der Waals surface area contributed by atoms with Crippen molar-refractivity contribution in [1.82, 2.24) is 9.80 Å². The lowest BCUT2D eigenvalue weighted by Gasteiger charge is -2.61. The molecule has 5 aliphatic rings. The Morgan fingerprint density at radius 2 is 1.83 bits per heavy atom. The van der Waals surface area contributed by atoms with Crippen molar-refractivity contribution in [3.63, 3.8) is 0 Å². The standard InChI is InChI=1S/C33H35N3O10S/c1-13-7-17-8-18-19(9-34)36-20-10-42-33(40)21(45-15(3)37)11-47-32(26(36)25(35(18)5)22(17)27(39)28(13)41-6)24-23(20)31-30(43-12-44-31)14(2)29(24)46-16(4)38/h7,18-21,25-26,32,39H,8,10-12H2,1-6H3/t18-,19-,20-,21+,25+,26?,32+/m0/s1. The zero-order valence-corrected chi connectivity index (χ0v) is 27.6. The van der Waals surface area contributed by atoms with Crippen molar-refractivity contribution in [2.45, 2.75) is 75.7 Å². The van der Waals surface area contributed by atoms with Gasteiger partial charge in [0.25, 0.3) is 0 Å². The number of hydrogen-bond donors (Lipinski definition) is 1. The Morgan fingerprint density at radius 1 is 1.09 bits per heavy atom. The van der Waals surface area contributed by atoms with Gasteiger partial charge < -0.3 is 33.5 Å². The maximum atomic E-state index is 13.3. The molecule has 0 aliphatic carbocycles. The smallest absolute Gasteiger partial charge is 0.348 e. The minimum atomic E-state index is -1.20. The van der Waals surface area contributed by atoms with Gasteiger partial charge >= 0.3 is 17.9 Å². The zero-order chi connectivity index (χ0) is 33.5. The van der Waals surface area contributed by atoms with Gasteiger partial charge in [-0.2, -0.15) is 5.26 Å². The summed E-state index contributed by atoms with van der Waals surface area (Å²) >= 11 is 1.33. The van der Waals surface area contributed by atoms with E-state index in [1.807, 2.05) is 20.0 Å². The highest BCUT2D eigenvalue weighted by molar-refractivity contribution is 7.99. The highest BCUT2D eigenvalue weighted by Gasteiger charge is 2.60. The van der Waals surface area contributed by atoms with E-state index in [9.17, 15) is 24.8 Å². The number of piperazine rings is 1. The van der Waals surface area contributed by atoms with E-state index >= 15 is 0 Å². The van der Waals surface area contributed by atoms with Crippen LogP contribution in [0.5, 0.6) is 28.7 Å². The number of phenolic OH excluding ortho intramolecular Hbond substituents is 1. The van der Waals surface area contributed by atoms with Crippen LogP contribution < -0.4 is 18.9 Å². The summed E-state index contributed by atoms with van der Waals surface area (Å²) in [4.78, 5) is 42.3. The van der Waals surface area contributed by atoms with Crippen molar-refractivity contribution in [3.8, 4) is 34.8 Å². The number of benzene rings is 2. The summed E-state index contributed by atoms with van der Waals surface area (Å²) in [6.07, 6.45) is -0.713. The number of fused-ring (bicyclic) bond motifs is 9. The SMILES string of the molecule is COc1c(C)cc2c(c1O)[C@@H]1C3[C@@H]4SC[C@@H](OC(C)=O)C(=O)OC[C@@H](c5c6c(c(C)c(OC(C)=O)c54)OCO6)N3[C@@H](C#N)[C@H](C2)N1C. The molecule has 2 fully saturated rings. The number of likely N-dealkylation sites (N-methyl/N-ethyl adjacent to an activating group) is 1. The number of nitriles is 1. The summed E-state index contributed by atoms with van der Waals surface area (Å²) in [5.41, 5.74) is 4.20. The molecule has 47 heavy (non-hydrogen) atoms. The van der Waals surface area contributed by atoms with Crippen LogP contribution in [0, 0.1) is 25.2 Å². The Bertz CT molecular complexity index is 1760. The summed E-state index contributed by atoms with van der Waals surface area (Å²) in [5, 5.41) is 22.1. The van der Waals surface area contributed by atoms with Gasteiger partial charge in [0, 0.05) is 53.9 Å². The molecule has 0 amide bonds. The van der Waals surface area contributed by atoms with E-state index < -0.39 is 53.4 Å². The largest absolute Gasteiger partial charge is 0.504 e. The summed E-state index contributed by atoms with van der Waals surface area (Å²) in [6, 6.07) is 1.84. The van der Waals surface area contributed by atoms with Crippen LogP contribution in [0.15, 0.2) is 6.07 Å². The number of aromatic hydroxyl groups is 1. The molecule has 7 atom stereocenters. The highest BCUT2D eigenvalue weighted by Crippen LogP contribution is 2.64. The lowest BCUT2D eigenvalue weighted by atomic mass is 9.71. The summed E-state index contributed by atoms with van der Waals surface area (Å²) in [7, 11) is 3.46. The number of esters is 3. The van der Waals surface area contributed by atoms with Crippen LogP contribution in [-0.4, -0.2) is 90.4 Å². The van der Waals surface area contributed by atoms with E-state index in [1.54, 1.807) is 6.92 Å². The van der Waals surface area contributed by atoms with Crippen LogP contribution in [0.1, 0.15) is 64.6 Å². The number of hydrogen-bond acceptors (Lipinski definition) is 14. The number of phenols is 1. The van der Waals surface area contributed by atoms with Crippen molar-refractivity contribution in [1.29, 1.82) is 5.26 Å². The van der Waals surface area contributed by atoms with Crippen LogP contribution >= 0.6 is 11.8 Å². The minimum Gasteiger partial charge on any atom is -0.504 e. The number of rotatable bonds is 3. The molecule has 0 spiro atoms. The van der Waals surface area contributed by atoms with Gasteiger partial charge in [-0.05, 0) is 38.4 Å². The second-order valence-electron chi connectivity index (χ2n) is 12.5. The van der Waals surface area contributed by atoms with Crippen molar-refractivity contribution >= 4 is 29.7 Å². The Balaban J connectivity index is 1.54. The third kappa shape index (κ3) is 4.62. The summed E-state index contributed by atoms with van der Waals surface area (Å²) in [5.74, 6) is -0.307. The quantitative estimate of drug-likeness (QED) is 0.377. The monoisotopic (exact) mass is 665 g/mol. The molecule has 5 heterocycles. The van der Waals surface area contributed by atoms with Gasteiger partial charge in [-0.15, -0.1) is 11.8 Å². The van der Waals surface area contributed by atoms with Crippen LogP contribution in [0.25, 0.3) is 0 Å². The Hall–Kier alpha value is -4.19. The normalized spacial score (nSPS) is 29.0. The summed E-state index contributed by atoms with van der Waals surface area (Å²) < 4.78 is 34.9. The number of cyclic esters (lactones) is 1. The molecule has 2 saturated heterocycles. The Morgan fingerprint density at radius 3 is 2.51 bits per heavy atom. The van der Waals surface area contributed by atoms with E-state index in [4.69, 9.17) is 28.4 Å². The van der Waals surface area contributed by atoms with Gasteiger partial charge in [-0.1, -0.05) is 6.07 Å². The third-order valence-electron chi connectivity index (χ3n) is 9.93. The zero-order valence-electron chi connectivity index (χ0n) is 26.8. The van der Waals surface area contributed by atoms with Gasteiger partial charge in [-0.25, -0.2) is 4.79 Å². The molecule has 7 rings (SSSR count). The van der Waals surface area contributed by atoms with Crippen molar-refractivity contribution in [2.75, 3.05) is 33.3 Å². The number of methoxy groups -OCH3 is 1. The van der Waals surface area contributed by atoms with E-state index in [1.165, 1.54) is 32.7 Å². The number of carbonyl (C=O) groups is 3. The van der Waals surface area contributed by atoms with Crippen molar-refractivity contribution < 1.29 is 47.9 Å². The first-order valence-electron chi connectivity index (χ1n) is 15.4. The molecule has 1 unspecified atom stereocenters. The molecule has 248 valence electrons. The molecular formula is C33H35N3O10S. The topological polar surface area (TPSA) is 157 Å². The van der Waals surface area contributed by atoms with Crippen LogP contribution in [0.2, 0.25) is 0 Å². The fraction of sp³-hybridized carbons (Fsp3) is 0.515. The van der Waals surface area contributed by atoms with Crippen molar-refractivity contribution in [2.24, 2.45) is 0 Å². The maximum Gasteiger partial charge on any atom is 0.348 e. The number of nitrogens with zero attached hydrogens (tertiary/aromatic N) is 3. The number of aryl methyl sites for hydroxylation is 1. The molecule has 0 radical (unpaired) electrons. The average molecular weight is 666 g/mol. The first-order chi connectivity index (χ1) is 22.5. The lowest BCUT2D eigenvalue weighted by molar-refractivity contribution is -0.168. The van der Waals surface area contributed by atoms with Crippen LogP contribution in [0.4, 0.5) is 0 Å².